The number of hydrogen-bond acceptors (Lipinski definition) is 4. The monoisotopic (exact) mass is 359 g/mol. The molecule has 0 radical (unpaired) electrons. The van der Waals surface area contributed by atoms with E-state index in [0.717, 1.165) is 16.5 Å². The van der Waals surface area contributed by atoms with E-state index in [0.29, 0.717) is 16.8 Å². The maximum atomic E-state index is 12.8. The molecule has 1 atom stereocenters. The quantitative estimate of drug-likeness (QED) is 0.417. The molecule has 0 saturated heterocycles. The van der Waals surface area contributed by atoms with Gasteiger partial charge in [-0.3, -0.25) is 9.89 Å². The smallest absolute Gasteiger partial charge is 0.342 e. The van der Waals surface area contributed by atoms with Crippen LogP contribution in [0.1, 0.15) is 27.6 Å². The minimum absolute atomic E-state index is 0.259. The van der Waals surface area contributed by atoms with E-state index >= 15 is 0 Å². The molecule has 4 aromatic rings. The third kappa shape index (κ3) is 3.13. The van der Waals surface area contributed by atoms with E-state index in [1.165, 1.54) is 6.20 Å². The van der Waals surface area contributed by atoms with Crippen LogP contribution in [0.5, 0.6) is 0 Å². The summed E-state index contributed by atoms with van der Waals surface area (Å²) in [5.74, 6) is -0.853. The third-order valence-electron chi connectivity index (χ3n) is 4.43. The van der Waals surface area contributed by atoms with Crippen LogP contribution in [0.15, 0.2) is 67.0 Å². The second-order valence-corrected chi connectivity index (χ2v) is 6.18. The number of ether oxygens (including phenoxy) is 1. The fourth-order valence-corrected chi connectivity index (χ4v) is 3.04. The predicted octanol–water partition coefficient (Wildman–Crippen LogP) is 3.99. The van der Waals surface area contributed by atoms with Gasteiger partial charge in [0.2, 0.25) is 5.78 Å². The lowest BCUT2D eigenvalue weighted by Crippen LogP contribution is -2.24. The molecular weight excluding hydrogens is 342 g/mol. The van der Waals surface area contributed by atoms with Crippen LogP contribution >= 0.6 is 0 Å². The lowest BCUT2D eigenvalue weighted by atomic mass is 10.1. The molecule has 1 unspecified atom stereocenters. The predicted molar refractivity (Wildman–Crippen MR) is 102 cm³/mol. The normalized spacial score (nSPS) is 12.0. The summed E-state index contributed by atoms with van der Waals surface area (Å²) >= 11 is 0. The molecule has 0 aliphatic rings. The Kier molecular flexibility index (Phi) is 4.30. The van der Waals surface area contributed by atoms with Gasteiger partial charge in [-0.25, -0.2) is 4.79 Å². The van der Waals surface area contributed by atoms with Crippen molar-refractivity contribution in [1.82, 2.24) is 15.2 Å². The molecule has 27 heavy (non-hydrogen) atoms. The first kappa shape index (κ1) is 16.8. The Morgan fingerprint density at radius 3 is 2.56 bits per heavy atom. The highest BCUT2D eigenvalue weighted by atomic mass is 16.5. The standard InChI is InChI=1S/C21H17N3O3/c1-13(20(25)16-11-22-18-10-6-5-9-15(16)18)27-21(26)17-12-23-24-19(17)14-7-3-2-4-8-14/h2-13,22H,1H3,(H,23,24). The molecule has 6 nitrogen and oxygen atoms in total. The van der Waals surface area contributed by atoms with Crippen molar-refractivity contribution >= 4 is 22.7 Å². The van der Waals surface area contributed by atoms with Crippen molar-refractivity contribution < 1.29 is 14.3 Å². The molecule has 134 valence electrons. The van der Waals surface area contributed by atoms with E-state index in [9.17, 15) is 9.59 Å². The number of esters is 1. The molecule has 4 rings (SSSR count). The summed E-state index contributed by atoms with van der Waals surface area (Å²) in [4.78, 5) is 28.4. The second-order valence-electron chi connectivity index (χ2n) is 6.18. The summed E-state index contributed by atoms with van der Waals surface area (Å²) in [5, 5.41) is 7.57. The van der Waals surface area contributed by atoms with Crippen molar-refractivity contribution in [2.45, 2.75) is 13.0 Å². The molecular formula is C21H17N3O3. The summed E-state index contributed by atoms with van der Waals surface area (Å²) in [7, 11) is 0. The molecule has 2 aromatic carbocycles. The van der Waals surface area contributed by atoms with Gasteiger partial charge < -0.3 is 9.72 Å². The number of hydrogen-bond donors (Lipinski definition) is 2. The van der Waals surface area contributed by atoms with Crippen LogP contribution in [0.4, 0.5) is 0 Å². The van der Waals surface area contributed by atoms with E-state index in [1.54, 1.807) is 13.1 Å². The molecule has 0 aliphatic heterocycles. The highest BCUT2D eigenvalue weighted by Crippen LogP contribution is 2.23. The number of nitrogens with one attached hydrogen (secondary N) is 2. The van der Waals surface area contributed by atoms with Crippen molar-refractivity contribution in [2.75, 3.05) is 0 Å². The SMILES string of the molecule is CC(OC(=O)c1cn[nH]c1-c1ccccc1)C(=O)c1c[nH]c2ccccc12. The molecule has 6 heteroatoms. The first-order valence-electron chi connectivity index (χ1n) is 8.55. The number of aromatic amines is 2. The Labute approximate surface area is 155 Å². The largest absolute Gasteiger partial charge is 0.451 e. The van der Waals surface area contributed by atoms with E-state index in [1.807, 2.05) is 54.6 Å². The van der Waals surface area contributed by atoms with Crippen LogP contribution in [0.2, 0.25) is 0 Å². The summed E-state index contributed by atoms with van der Waals surface area (Å²) < 4.78 is 5.43. The summed E-state index contributed by atoms with van der Waals surface area (Å²) in [6, 6.07) is 16.9. The number of Topliss-reactive ketones (excluding diaryl/α,β-unsaturated/α-hetero) is 1. The van der Waals surface area contributed by atoms with Crippen molar-refractivity contribution in [3.63, 3.8) is 0 Å². The number of para-hydroxylation sites is 1. The van der Waals surface area contributed by atoms with Crippen molar-refractivity contribution in [3.05, 3.63) is 78.1 Å². The topological polar surface area (TPSA) is 87.8 Å². The number of rotatable bonds is 5. The molecule has 0 aliphatic carbocycles. The van der Waals surface area contributed by atoms with Crippen LogP contribution in [0, 0.1) is 0 Å². The Hall–Kier alpha value is -3.67. The minimum atomic E-state index is -0.921. The summed E-state index contributed by atoms with van der Waals surface area (Å²) in [5.41, 5.74) is 3.03. The van der Waals surface area contributed by atoms with Crippen LogP contribution in [0.3, 0.4) is 0 Å². The number of H-pyrrole nitrogens is 2. The van der Waals surface area contributed by atoms with Gasteiger partial charge in [0.1, 0.15) is 5.56 Å². The van der Waals surface area contributed by atoms with Gasteiger partial charge in [0.25, 0.3) is 0 Å². The van der Waals surface area contributed by atoms with Gasteiger partial charge in [0.05, 0.1) is 11.9 Å². The molecule has 0 bridgehead atoms. The van der Waals surface area contributed by atoms with Crippen LogP contribution in [-0.4, -0.2) is 33.0 Å². The molecule has 2 aromatic heterocycles. The van der Waals surface area contributed by atoms with Gasteiger partial charge in [-0.1, -0.05) is 48.5 Å². The second kappa shape index (κ2) is 6.92. The first-order valence-corrected chi connectivity index (χ1v) is 8.55. The van der Waals surface area contributed by atoms with Crippen LogP contribution < -0.4 is 0 Å². The molecule has 0 saturated carbocycles. The minimum Gasteiger partial charge on any atom is -0.451 e. The number of ketones is 1. The van der Waals surface area contributed by atoms with E-state index in [2.05, 4.69) is 15.2 Å². The van der Waals surface area contributed by atoms with Gasteiger partial charge in [0.15, 0.2) is 6.10 Å². The van der Waals surface area contributed by atoms with E-state index in [-0.39, 0.29) is 5.78 Å². The highest BCUT2D eigenvalue weighted by molar-refractivity contribution is 6.10. The summed E-state index contributed by atoms with van der Waals surface area (Å²) in [6.07, 6.45) is 2.13. The van der Waals surface area contributed by atoms with Gasteiger partial charge >= 0.3 is 5.97 Å². The Balaban J connectivity index is 1.55. The zero-order valence-electron chi connectivity index (χ0n) is 14.6. The van der Waals surface area contributed by atoms with Crippen molar-refractivity contribution in [2.24, 2.45) is 0 Å². The number of nitrogens with zero attached hydrogens (tertiary/aromatic N) is 1. The van der Waals surface area contributed by atoms with Crippen LogP contribution in [0.25, 0.3) is 22.2 Å². The Bertz CT molecular complexity index is 1110. The van der Waals surface area contributed by atoms with E-state index in [4.69, 9.17) is 4.74 Å². The molecule has 2 N–H and O–H groups in total. The average molecular weight is 359 g/mol. The summed E-state index contributed by atoms with van der Waals surface area (Å²) in [6.45, 7) is 1.57. The number of aromatic nitrogens is 3. The van der Waals surface area contributed by atoms with E-state index < -0.39 is 12.1 Å². The van der Waals surface area contributed by atoms with Gasteiger partial charge in [-0.2, -0.15) is 5.10 Å². The Morgan fingerprint density at radius 1 is 1.00 bits per heavy atom. The average Bonchev–Trinajstić information content (AvgIpc) is 3.35. The number of fused-ring (bicyclic) bond motifs is 1. The lowest BCUT2D eigenvalue weighted by Gasteiger charge is -2.12. The number of carbonyl (C=O) groups is 2. The third-order valence-corrected chi connectivity index (χ3v) is 4.43. The fourth-order valence-electron chi connectivity index (χ4n) is 3.04. The van der Waals surface area contributed by atoms with Gasteiger partial charge in [0, 0.05) is 28.2 Å². The molecule has 0 amide bonds. The highest BCUT2D eigenvalue weighted by Gasteiger charge is 2.25. The number of carbonyl (C=O) groups excluding carboxylic acids is 2. The Morgan fingerprint density at radius 2 is 1.74 bits per heavy atom. The zero-order valence-corrected chi connectivity index (χ0v) is 14.6. The number of benzene rings is 2. The lowest BCUT2D eigenvalue weighted by molar-refractivity contribution is 0.0320. The van der Waals surface area contributed by atoms with Crippen molar-refractivity contribution in [1.29, 1.82) is 0 Å². The van der Waals surface area contributed by atoms with Gasteiger partial charge in [-0.05, 0) is 13.0 Å². The molecule has 2 heterocycles. The maximum Gasteiger partial charge on any atom is 0.342 e. The maximum absolute atomic E-state index is 12.8. The van der Waals surface area contributed by atoms with Gasteiger partial charge in [-0.15, -0.1) is 0 Å². The molecule has 0 fully saturated rings. The first-order chi connectivity index (χ1) is 13.1. The zero-order chi connectivity index (χ0) is 18.8. The fraction of sp³-hybridized carbons (Fsp3) is 0.0952. The molecule has 0 spiro atoms. The van der Waals surface area contributed by atoms with Crippen LogP contribution in [-0.2, 0) is 4.74 Å². The van der Waals surface area contributed by atoms with Crippen molar-refractivity contribution in [3.8, 4) is 11.3 Å².